The molecule has 0 N–H and O–H groups in total. The van der Waals surface area contributed by atoms with E-state index in [-0.39, 0.29) is 0 Å². The van der Waals surface area contributed by atoms with Gasteiger partial charge in [0.1, 0.15) is 5.78 Å². The SMILES string of the molecule is C=CCCCCCCCCCC(C)=O. The van der Waals surface area contributed by atoms with E-state index in [9.17, 15) is 4.79 Å². The summed E-state index contributed by atoms with van der Waals surface area (Å²) in [5, 5.41) is 0. The normalized spacial score (nSPS) is 10.1. The maximum atomic E-state index is 10.6. The van der Waals surface area contributed by atoms with Gasteiger partial charge in [0.15, 0.2) is 0 Å². The minimum absolute atomic E-state index is 0.330. The van der Waals surface area contributed by atoms with E-state index in [0.717, 1.165) is 19.3 Å². The van der Waals surface area contributed by atoms with Crippen molar-refractivity contribution in [2.75, 3.05) is 0 Å². The molecule has 0 rings (SSSR count). The number of carbonyl (C=O) groups is 1. The Morgan fingerprint density at radius 1 is 1.00 bits per heavy atom. The van der Waals surface area contributed by atoms with Crippen molar-refractivity contribution in [3.8, 4) is 0 Å². The summed E-state index contributed by atoms with van der Waals surface area (Å²) in [5.41, 5.74) is 0. The molecule has 0 unspecified atom stereocenters. The molecule has 1 nitrogen and oxygen atoms in total. The van der Waals surface area contributed by atoms with Gasteiger partial charge >= 0.3 is 0 Å². The van der Waals surface area contributed by atoms with Crippen LogP contribution in [-0.2, 0) is 4.79 Å². The first-order valence-corrected chi connectivity index (χ1v) is 5.87. The van der Waals surface area contributed by atoms with Gasteiger partial charge in [-0.3, -0.25) is 0 Å². The van der Waals surface area contributed by atoms with Crippen LogP contribution in [-0.4, -0.2) is 5.78 Å². The van der Waals surface area contributed by atoms with E-state index in [2.05, 4.69) is 6.58 Å². The first kappa shape index (κ1) is 13.4. The molecule has 0 aliphatic carbocycles. The summed E-state index contributed by atoms with van der Waals surface area (Å²) in [6.45, 7) is 5.38. The lowest BCUT2D eigenvalue weighted by Gasteiger charge is -2.00. The molecule has 0 radical (unpaired) electrons. The van der Waals surface area contributed by atoms with Crippen LogP contribution in [0.1, 0.15) is 64.7 Å². The van der Waals surface area contributed by atoms with Crippen LogP contribution in [0.4, 0.5) is 0 Å². The molecule has 0 aliphatic heterocycles. The highest BCUT2D eigenvalue weighted by Gasteiger charge is 1.94. The number of ketones is 1. The summed E-state index contributed by atoms with van der Waals surface area (Å²) in [6, 6.07) is 0. The molecule has 14 heavy (non-hydrogen) atoms. The van der Waals surface area contributed by atoms with Gasteiger partial charge in [0.2, 0.25) is 0 Å². The Kier molecular flexibility index (Phi) is 10.0. The standard InChI is InChI=1S/C13H24O/c1-3-4-5-6-7-8-9-10-11-12-13(2)14/h3H,1,4-12H2,2H3. The number of rotatable bonds is 10. The van der Waals surface area contributed by atoms with Gasteiger partial charge in [-0.1, -0.05) is 38.2 Å². The fourth-order valence-electron chi connectivity index (χ4n) is 1.55. The summed E-state index contributed by atoms with van der Waals surface area (Å²) < 4.78 is 0. The molecular formula is C13H24O. The summed E-state index contributed by atoms with van der Waals surface area (Å²) in [6.07, 6.45) is 12.8. The van der Waals surface area contributed by atoms with Crippen molar-refractivity contribution in [1.29, 1.82) is 0 Å². The Morgan fingerprint density at radius 2 is 1.50 bits per heavy atom. The van der Waals surface area contributed by atoms with Crippen molar-refractivity contribution >= 4 is 5.78 Å². The summed E-state index contributed by atoms with van der Waals surface area (Å²) in [7, 11) is 0. The third-order valence-electron chi connectivity index (χ3n) is 2.44. The quantitative estimate of drug-likeness (QED) is 0.376. The van der Waals surface area contributed by atoms with Gasteiger partial charge in [0, 0.05) is 6.42 Å². The summed E-state index contributed by atoms with van der Waals surface area (Å²) >= 11 is 0. The molecule has 0 aromatic rings. The van der Waals surface area contributed by atoms with E-state index < -0.39 is 0 Å². The van der Waals surface area contributed by atoms with E-state index in [4.69, 9.17) is 0 Å². The molecule has 0 spiro atoms. The van der Waals surface area contributed by atoms with Crippen LogP contribution in [0.3, 0.4) is 0 Å². The van der Waals surface area contributed by atoms with Gasteiger partial charge in [-0.05, 0) is 26.2 Å². The zero-order valence-electron chi connectivity index (χ0n) is 9.56. The van der Waals surface area contributed by atoms with E-state index in [0.29, 0.717) is 5.78 Å². The molecule has 82 valence electrons. The Balaban J connectivity index is 2.92. The van der Waals surface area contributed by atoms with Crippen LogP contribution in [0.25, 0.3) is 0 Å². The molecule has 0 aromatic carbocycles. The van der Waals surface area contributed by atoms with Crippen molar-refractivity contribution in [1.82, 2.24) is 0 Å². The number of allylic oxidation sites excluding steroid dienone is 1. The maximum absolute atomic E-state index is 10.6. The maximum Gasteiger partial charge on any atom is 0.129 e. The first-order valence-electron chi connectivity index (χ1n) is 5.87. The molecule has 1 heteroatoms. The first-order chi connectivity index (χ1) is 6.77. The zero-order valence-corrected chi connectivity index (χ0v) is 9.56. The second-order valence-corrected chi connectivity index (χ2v) is 4.00. The van der Waals surface area contributed by atoms with Gasteiger partial charge in [-0.2, -0.15) is 0 Å². The smallest absolute Gasteiger partial charge is 0.129 e. The topological polar surface area (TPSA) is 17.1 Å². The molecule has 0 fully saturated rings. The molecule has 0 atom stereocenters. The second kappa shape index (κ2) is 10.5. The molecule has 0 aliphatic rings. The van der Waals surface area contributed by atoms with Crippen molar-refractivity contribution in [3.63, 3.8) is 0 Å². The van der Waals surface area contributed by atoms with E-state index in [1.165, 1.54) is 38.5 Å². The van der Waals surface area contributed by atoms with Crippen molar-refractivity contribution in [2.45, 2.75) is 64.7 Å². The lowest BCUT2D eigenvalue weighted by Crippen LogP contribution is -1.89. The number of Topliss-reactive ketones (excluding diaryl/α,β-unsaturated/α-hetero) is 1. The van der Waals surface area contributed by atoms with Gasteiger partial charge < -0.3 is 4.79 Å². The van der Waals surface area contributed by atoms with Gasteiger partial charge in [-0.15, -0.1) is 6.58 Å². The third-order valence-corrected chi connectivity index (χ3v) is 2.44. The van der Waals surface area contributed by atoms with E-state index in [1.807, 2.05) is 6.08 Å². The number of unbranched alkanes of at least 4 members (excludes halogenated alkanes) is 7. The van der Waals surface area contributed by atoms with Crippen LogP contribution in [0, 0.1) is 0 Å². The second-order valence-electron chi connectivity index (χ2n) is 4.00. The molecule has 0 saturated carbocycles. The zero-order chi connectivity index (χ0) is 10.6. The average Bonchev–Trinajstić information content (AvgIpc) is 2.15. The minimum atomic E-state index is 0.330. The monoisotopic (exact) mass is 196 g/mol. The Hall–Kier alpha value is -0.590. The predicted molar refractivity (Wildman–Crippen MR) is 62.4 cm³/mol. The fourth-order valence-corrected chi connectivity index (χ4v) is 1.55. The van der Waals surface area contributed by atoms with Crippen molar-refractivity contribution < 1.29 is 4.79 Å². The number of hydrogen-bond donors (Lipinski definition) is 0. The lowest BCUT2D eigenvalue weighted by molar-refractivity contribution is -0.117. The summed E-state index contributed by atoms with van der Waals surface area (Å²) in [4.78, 5) is 10.6. The third kappa shape index (κ3) is 11.4. The lowest BCUT2D eigenvalue weighted by atomic mass is 10.1. The van der Waals surface area contributed by atoms with Crippen LogP contribution in [0.5, 0.6) is 0 Å². The highest BCUT2D eigenvalue weighted by molar-refractivity contribution is 5.75. The molecule has 0 amide bonds. The molecule has 0 saturated heterocycles. The van der Waals surface area contributed by atoms with Crippen LogP contribution < -0.4 is 0 Å². The molecular weight excluding hydrogens is 172 g/mol. The van der Waals surface area contributed by atoms with Gasteiger partial charge in [-0.25, -0.2) is 0 Å². The van der Waals surface area contributed by atoms with Gasteiger partial charge in [0.25, 0.3) is 0 Å². The molecule has 0 bridgehead atoms. The van der Waals surface area contributed by atoms with Crippen molar-refractivity contribution in [3.05, 3.63) is 12.7 Å². The van der Waals surface area contributed by atoms with E-state index in [1.54, 1.807) is 6.92 Å². The minimum Gasteiger partial charge on any atom is -0.300 e. The predicted octanol–water partition coefficient (Wildman–Crippen LogP) is 4.27. The fraction of sp³-hybridized carbons (Fsp3) is 0.769. The van der Waals surface area contributed by atoms with E-state index >= 15 is 0 Å². The highest BCUT2D eigenvalue weighted by atomic mass is 16.1. The van der Waals surface area contributed by atoms with Crippen molar-refractivity contribution in [2.24, 2.45) is 0 Å². The largest absolute Gasteiger partial charge is 0.300 e. The molecule has 0 aromatic heterocycles. The summed E-state index contributed by atoms with van der Waals surface area (Å²) in [5.74, 6) is 0.330. The molecule has 0 heterocycles. The Bertz CT molecular complexity index is 149. The van der Waals surface area contributed by atoms with Crippen LogP contribution >= 0.6 is 0 Å². The van der Waals surface area contributed by atoms with Crippen LogP contribution in [0.15, 0.2) is 12.7 Å². The van der Waals surface area contributed by atoms with Crippen LogP contribution in [0.2, 0.25) is 0 Å². The number of carbonyl (C=O) groups excluding carboxylic acids is 1. The van der Waals surface area contributed by atoms with Gasteiger partial charge in [0.05, 0.1) is 0 Å². The average molecular weight is 196 g/mol. The Morgan fingerprint density at radius 3 is 2.00 bits per heavy atom. The highest BCUT2D eigenvalue weighted by Crippen LogP contribution is 2.09. The number of hydrogen-bond acceptors (Lipinski definition) is 1. The Labute approximate surface area is 88.6 Å².